The molecule has 0 radical (unpaired) electrons. The van der Waals surface area contributed by atoms with Gasteiger partial charge in [-0.25, -0.2) is 0 Å². The van der Waals surface area contributed by atoms with Crippen LogP contribution in [-0.2, 0) is 0 Å². The zero-order valence-corrected chi connectivity index (χ0v) is 12.5. The van der Waals surface area contributed by atoms with E-state index in [9.17, 15) is 0 Å². The fourth-order valence-corrected chi connectivity index (χ4v) is 2.16. The number of rotatable bonds is 8. The van der Waals surface area contributed by atoms with Crippen LogP contribution in [0.25, 0.3) is 0 Å². The fourth-order valence-electron chi connectivity index (χ4n) is 1.89. The fraction of sp³-hybridized carbons (Fsp3) is 0.571. The van der Waals surface area contributed by atoms with E-state index in [1.54, 1.807) is 0 Å². The first kappa shape index (κ1) is 14.5. The van der Waals surface area contributed by atoms with E-state index in [1.165, 1.54) is 31.6 Å². The Morgan fingerprint density at radius 2 is 1.59 bits per heavy atom. The Labute approximate surface area is 114 Å². The summed E-state index contributed by atoms with van der Waals surface area (Å²) in [5.41, 5.74) is 1.20. The summed E-state index contributed by atoms with van der Waals surface area (Å²) in [7, 11) is 0. The van der Waals surface area contributed by atoms with Gasteiger partial charge < -0.3 is 10.2 Å². The normalized spacial score (nSPS) is 10.8. The highest BCUT2D eigenvalue weighted by molar-refractivity contribution is 9.10. The van der Waals surface area contributed by atoms with Crippen LogP contribution in [0.2, 0.25) is 0 Å². The van der Waals surface area contributed by atoms with E-state index in [0.717, 1.165) is 17.6 Å². The first-order valence-corrected chi connectivity index (χ1v) is 7.27. The van der Waals surface area contributed by atoms with Crippen LogP contribution < -0.4 is 5.32 Å². The zero-order valence-electron chi connectivity index (χ0n) is 10.9. The molecule has 1 aromatic rings. The van der Waals surface area contributed by atoms with Crippen molar-refractivity contribution >= 4 is 21.6 Å². The molecule has 0 aliphatic rings. The predicted octanol–water partition coefficient (Wildman–Crippen LogP) is 3.98. The van der Waals surface area contributed by atoms with Crippen molar-refractivity contribution in [2.45, 2.75) is 26.7 Å². The van der Waals surface area contributed by atoms with E-state index in [-0.39, 0.29) is 0 Å². The predicted molar refractivity (Wildman–Crippen MR) is 79.7 cm³/mol. The highest BCUT2D eigenvalue weighted by atomic mass is 79.9. The van der Waals surface area contributed by atoms with Crippen molar-refractivity contribution in [2.75, 3.05) is 31.5 Å². The SMILES string of the molecule is CCCN(CCC)CCNc1ccc(Br)cc1. The van der Waals surface area contributed by atoms with Gasteiger partial charge in [0, 0.05) is 23.2 Å². The van der Waals surface area contributed by atoms with E-state index in [0.29, 0.717) is 0 Å². The first-order chi connectivity index (χ1) is 8.26. The summed E-state index contributed by atoms with van der Waals surface area (Å²) in [6, 6.07) is 8.35. The Kier molecular flexibility index (Phi) is 7.29. The molecule has 0 amide bonds. The second-order valence-corrected chi connectivity index (χ2v) is 5.19. The third-order valence-corrected chi connectivity index (χ3v) is 3.21. The van der Waals surface area contributed by atoms with Crippen molar-refractivity contribution in [1.82, 2.24) is 4.90 Å². The monoisotopic (exact) mass is 298 g/mol. The molecule has 17 heavy (non-hydrogen) atoms. The maximum Gasteiger partial charge on any atom is 0.0341 e. The van der Waals surface area contributed by atoms with Crippen molar-refractivity contribution in [3.63, 3.8) is 0 Å². The van der Waals surface area contributed by atoms with E-state index < -0.39 is 0 Å². The molecular weight excluding hydrogens is 276 g/mol. The van der Waals surface area contributed by atoms with E-state index in [4.69, 9.17) is 0 Å². The third kappa shape index (κ3) is 6.08. The molecule has 0 spiro atoms. The average molecular weight is 299 g/mol. The second-order valence-electron chi connectivity index (χ2n) is 4.28. The van der Waals surface area contributed by atoms with Crippen molar-refractivity contribution < 1.29 is 0 Å². The molecule has 3 heteroatoms. The van der Waals surface area contributed by atoms with Gasteiger partial charge in [0.2, 0.25) is 0 Å². The standard InChI is InChI=1S/C14H23BrN2/c1-3-10-17(11-4-2)12-9-16-14-7-5-13(15)6-8-14/h5-8,16H,3-4,9-12H2,1-2H3. The Bertz CT molecular complexity index is 292. The smallest absolute Gasteiger partial charge is 0.0341 e. The summed E-state index contributed by atoms with van der Waals surface area (Å²) in [6.45, 7) is 9.03. The molecule has 0 aliphatic carbocycles. The van der Waals surface area contributed by atoms with Gasteiger partial charge in [-0.2, -0.15) is 0 Å². The largest absolute Gasteiger partial charge is 0.384 e. The number of halogens is 1. The molecule has 0 aromatic heterocycles. The van der Waals surface area contributed by atoms with Crippen molar-refractivity contribution in [3.05, 3.63) is 28.7 Å². The lowest BCUT2D eigenvalue weighted by molar-refractivity contribution is 0.285. The molecule has 1 rings (SSSR count). The van der Waals surface area contributed by atoms with Gasteiger partial charge in [0.15, 0.2) is 0 Å². The molecule has 0 aliphatic heterocycles. The topological polar surface area (TPSA) is 15.3 Å². The van der Waals surface area contributed by atoms with Crippen molar-refractivity contribution in [1.29, 1.82) is 0 Å². The van der Waals surface area contributed by atoms with Gasteiger partial charge in [0.25, 0.3) is 0 Å². The molecule has 1 aromatic carbocycles. The minimum absolute atomic E-state index is 1.02. The highest BCUT2D eigenvalue weighted by Crippen LogP contribution is 2.13. The quantitative estimate of drug-likeness (QED) is 0.781. The summed E-state index contributed by atoms with van der Waals surface area (Å²) >= 11 is 3.44. The molecule has 96 valence electrons. The molecule has 0 unspecified atom stereocenters. The average Bonchev–Trinajstić information content (AvgIpc) is 2.32. The third-order valence-electron chi connectivity index (χ3n) is 2.68. The van der Waals surface area contributed by atoms with Crippen molar-refractivity contribution in [2.24, 2.45) is 0 Å². The summed E-state index contributed by atoms with van der Waals surface area (Å²) in [5, 5.41) is 3.46. The lowest BCUT2D eigenvalue weighted by atomic mass is 10.3. The van der Waals surface area contributed by atoms with E-state index >= 15 is 0 Å². The lowest BCUT2D eigenvalue weighted by Gasteiger charge is -2.21. The van der Waals surface area contributed by atoms with Crippen LogP contribution in [0.3, 0.4) is 0 Å². The van der Waals surface area contributed by atoms with Gasteiger partial charge in [-0.1, -0.05) is 29.8 Å². The molecule has 0 saturated carbocycles. The van der Waals surface area contributed by atoms with Crippen LogP contribution >= 0.6 is 15.9 Å². The Morgan fingerprint density at radius 3 is 2.12 bits per heavy atom. The minimum atomic E-state index is 1.02. The number of hydrogen-bond donors (Lipinski definition) is 1. The van der Waals surface area contributed by atoms with Gasteiger partial charge in [-0.3, -0.25) is 0 Å². The van der Waals surface area contributed by atoms with Gasteiger partial charge in [0.1, 0.15) is 0 Å². The first-order valence-electron chi connectivity index (χ1n) is 6.48. The molecule has 0 bridgehead atoms. The van der Waals surface area contributed by atoms with Crippen LogP contribution in [-0.4, -0.2) is 31.1 Å². The number of benzene rings is 1. The minimum Gasteiger partial charge on any atom is -0.384 e. The van der Waals surface area contributed by atoms with Crippen LogP contribution in [0.1, 0.15) is 26.7 Å². The molecular formula is C14H23BrN2. The van der Waals surface area contributed by atoms with Crippen LogP contribution in [0.15, 0.2) is 28.7 Å². The Hall–Kier alpha value is -0.540. The van der Waals surface area contributed by atoms with E-state index in [2.05, 4.69) is 64.3 Å². The Balaban J connectivity index is 2.27. The summed E-state index contributed by atoms with van der Waals surface area (Å²) in [4.78, 5) is 2.52. The summed E-state index contributed by atoms with van der Waals surface area (Å²) < 4.78 is 1.13. The van der Waals surface area contributed by atoms with E-state index in [1.807, 2.05) is 0 Å². The molecule has 1 N–H and O–H groups in total. The molecule has 0 heterocycles. The second kappa shape index (κ2) is 8.54. The van der Waals surface area contributed by atoms with Gasteiger partial charge in [0.05, 0.1) is 0 Å². The number of hydrogen-bond acceptors (Lipinski definition) is 2. The van der Waals surface area contributed by atoms with Crippen molar-refractivity contribution in [3.8, 4) is 0 Å². The maximum atomic E-state index is 3.46. The summed E-state index contributed by atoms with van der Waals surface area (Å²) in [5.74, 6) is 0. The zero-order chi connectivity index (χ0) is 12.5. The van der Waals surface area contributed by atoms with Crippen LogP contribution in [0.5, 0.6) is 0 Å². The molecule has 0 saturated heterocycles. The molecule has 2 nitrogen and oxygen atoms in total. The maximum absolute atomic E-state index is 3.46. The lowest BCUT2D eigenvalue weighted by Crippen LogP contribution is -2.30. The summed E-state index contributed by atoms with van der Waals surface area (Å²) in [6.07, 6.45) is 2.47. The van der Waals surface area contributed by atoms with Crippen LogP contribution in [0.4, 0.5) is 5.69 Å². The van der Waals surface area contributed by atoms with Gasteiger partial charge >= 0.3 is 0 Å². The number of nitrogens with one attached hydrogen (secondary N) is 1. The molecule has 0 fully saturated rings. The highest BCUT2D eigenvalue weighted by Gasteiger charge is 2.01. The molecule has 0 atom stereocenters. The Morgan fingerprint density at radius 1 is 1.00 bits per heavy atom. The van der Waals surface area contributed by atoms with Gasteiger partial charge in [-0.15, -0.1) is 0 Å². The number of nitrogens with zero attached hydrogens (tertiary/aromatic N) is 1. The van der Waals surface area contributed by atoms with Gasteiger partial charge in [-0.05, 0) is 50.2 Å². The number of anilines is 1. The van der Waals surface area contributed by atoms with Crippen LogP contribution in [0, 0.1) is 0 Å².